The molecule has 0 bridgehead atoms. The van der Waals surface area contributed by atoms with Crippen LogP contribution in [0.25, 0.3) is 0 Å². The fraction of sp³-hybridized carbons (Fsp3) is 0.438. The number of amides is 3. The quantitative estimate of drug-likeness (QED) is 0.780. The normalized spacial score (nSPS) is 25.8. The van der Waals surface area contributed by atoms with E-state index < -0.39 is 12.2 Å². The Morgan fingerprint density at radius 1 is 1.12 bits per heavy atom. The molecule has 0 radical (unpaired) electrons. The zero-order valence-electron chi connectivity index (χ0n) is 12.8. The Morgan fingerprint density at radius 2 is 1.92 bits per heavy atom. The second-order valence-electron chi connectivity index (χ2n) is 5.91. The highest BCUT2D eigenvalue weighted by molar-refractivity contribution is 5.98. The number of cyclic esters (lactones) is 1. The predicted molar refractivity (Wildman–Crippen MR) is 79.5 cm³/mol. The van der Waals surface area contributed by atoms with Gasteiger partial charge in [-0.05, 0) is 18.6 Å². The van der Waals surface area contributed by atoms with Crippen molar-refractivity contribution in [2.24, 2.45) is 0 Å². The summed E-state index contributed by atoms with van der Waals surface area (Å²) in [6.45, 7) is 0.671. The van der Waals surface area contributed by atoms with Crippen LogP contribution in [0, 0.1) is 0 Å². The molecule has 24 heavy (non-hydrogen) atoms. The number of benzene rings is 1. The van der Waals surface area contributed by atoms with Crippen molar-refractivity contribution in [1.82, 2.24) is 9.80 Å². The van der Waals surface area contributed by atoms with Crippen molar-refractivity contribution < 1.29 is 28.6 Å². The number of rotatable bonds is 2. The molecule has 3 amide bonds. The highest BCUT2D eigenvalue weighted by Crippen LogP contribution is 2.31. The maximum absolute atomic E-state index is 12.6. The third kappa shape index (κ3) is 2.44. The van der Waals surface area contributed by atoms with E-state index in [1.54, 1.807) is 17.0 Å². The van der Waals surface area contributed by atoms with Gasteiger partial charge in [-0.2, -0.15) is 0 Å². The average molecular weight is 332 g/mol. The summed E-state index contributed by atoms with van der Waals surface area (Å²) in [6.07, 6.45) is -0.818. The first-order valence-corrected chi connectivity index (χ1v) is 7.79. The molecule has 1 aromatic carbocycles. The van der Waals surface area contributed by atoms with Crippen LogP contribution in [0.2, 0.25) is 0 Å². The summed E-state index contributed by atoms with van der Waals surface area (Å²) >= 11 is 0. The SMILES string of the molecule is O=C([C@@H]1COc2ccccc2O1)N1CC[C@H](N2C(=O)COC2=O)C1. The fourth-order valence-corrected chi connectivity index (χ4v) is 3.21. The number of hydrogen-bond acceptors (Lipinski definition) is 6. The molecule has 2 fully saturated rings. The van der Waals surface area contributed by atoms with E-state index in [1.165, 1.54) is 0 Å². The molecule has 3 heterocycles. The van der Waals surface area contributed by atoms with Crippen LogP contribution in [-0.2, 0) is 14.3 Å². The third-order valence-corrected chi connectivity index (χ3v) is 4.41. The fourth-order valence-electron chi connectivity index (χ4n) is 3.21. The zero-order chi connectivity index (χ0) is 16.7. The molecular weight excluding hydrogens is 316 g/mol. The van der Waals surface area contributed by atoms with Crippen molar-refractivity contribution in [3.05, 3.63) is 24.3 Å². The lowest BCUT2D eigenvalue weighted by Crippen LogP contribution is -2.47. The summed E-state index contributed by atoms with van der Waals surface area (Å²) in [4.78, 5) is 38.7. The molecule has 0 N–H and O–H groups in total. The van der Waals surface area contributed by atoms with Gasteiger partial charge in [0.1, 0.15) is 6.61 Å². The zero-order valence-corrected chi connectivity index (χ0v) is 12.8. The van der Waals surface area contributed by atoms with Crippen molar-refractivity contribution in [3.8, 4) is 11.5 Å². The first-order chi connectivity index (χ1) is 11.6. The summed E-state index contributed by atoms with van der Waals surface area (Å²) in [5.74, 6) is 0.597. The Hall–Kier alpha value is -2.77. The van der Waals surface area contributed by atoms with Crippen LogP contribution in [0.3, 0.4) is 0 Å². The summed E-state index contributed by atoms with van der Waals surface area (Å²) in [7, 11) is 0. The molecule has 2 atom stereocenters. The molecule has 0 unspecified atom stereocenters. The maximum Gasteiger partial charge on any atom is 0.417 e. The average Bonchev–Trinajstić information content (AvgIpc) is 3.20. The molecule has 0 aliphatic carbocycles. The second kappa shape index (κ2) is 5.70. The smallest absolute Gasteiger partial charge is 0.417 e. The molecule has 3 aliphatic rings. The van der Waals surface area contributed by atoms with Gasteiger partial charge in [-0.15, -0.1) is 0 Å². The molecule has 8 nitrogen and oxygen atoms in total. The van der Waals surface area contributed by atoms with Gasteiger partial charge < -0.3 is 19.1 Å². The van der Waals surface area contributed by atoms with Gasteiger partial charge in [0.25, 0.3) is 11.8 Å². The van der Waals surface area contributed by atoms with E-state index in [-0.39, 0.29) is 31.1 Å². The van der Waals surface area contributed by atoms with Crippen LogP contribution in [0.15, 0.2) is 24.3 Å². The van der Waals surface area contributed by atoms with Gasteiger partial charge in [-0.3, -0.25) is 9.59 Å². The number of hydrogen-bond donors (Lipinski definition) is 0. The van der Waals surface area contributed by atoms with E-state index in [4.69, 9.17) is 14.2 Å². The number of likely N-dealkylation sites (tertiary alicyclic amines) is 1. The Morgan fingerprint density at radius 3 is 2.67 bits per heavy atom. The topological polar surface area (TPSA) is 85.4 Å². The third-order valence-electron chi connectivity index (χ3n) is 4.41. The minimum atomic E-state index is -0.722. The Labute approximate surface area is 137 Å². The van der Waals surface area contributed by atoms with Crippen LogP contribution < -0.4 is 9.47 Å². The monoisotopic (exact) mass is 332 g/mol. The summed E-state index contributed by atoms with van der Waals surface area (Å²) in [6, 6.07) is 6.84. The van der Waals surface area contributed by atoms with Crippen LogP contribution in [-0.4, -0.2) is 66.2 Å². The number of ether oxygens (including phenoxy) is 3. The molecular formula is C16H16N2O6. The Balaban J connectivity index is 1.41. The summed E-state index contributed by atoms with van der Waals surface area (Å²) in [5, 5.41) is 0. The molecule has 0 saturated carbocycles. The van der Waals surface area contributed by atoms with Crippen LogP contribution in [0.5, 0.6) is 11.5 Å². The number of carbonyl (C=O) groups is 3. The van der Waals surface area contributed by atoms with Gasteiger partial charge in [0.05, 0.1) is 6.04 Å². The molecule has 126 valence electrons. The van der Waals surface area contributed by atoms with Crippen molar-refractivity contribution in [3.63, 3.8) is 0 Å². The van der Waals surface area contributed by atoms with Crippen LogP contribution in [0.1, 0.15) is 6.42 Å². The van der Waals surface area contributed by atoms with Crippen molar-refractivity contribution >= 4 is 17.9 Å². The highest BCUT2D eigenvalue weighted by atomic mass is 16.6. The van der Waals surface area contributed by atoms with Crippen molar-refractivity contribution in [1.29, 1.82) is 0 Å². The van der Waals surface area contributed by atoms with Crippen LogP contribution >= 0.6 is 0 Å². The minimum absolute atomic E-state index is 0.141. The molecule has 3 aliphatic heterocycles. The number of imide groups is 1. The van der Waals surface area contributed by atoms with Gasteiger partial charge in [-0.25, -0.2) is 9.69 Å². The van der Waals surface area contributed by atoms with Gasteiger partial charge in [0, 0.05) is 13.1 Å². The van der Waals surface area contributed by atoms with Gasteiger partial charge in [-0.1, -0.05) is 12.1 Å². The molecule has 4 rings (SSSR count). The van der Waals surface area contributed by atoms with Gasteiger partial charge in [0.2, 0.25) is 6.10 Å². The first-order valence-electron chi connectivity index (χ1n) is 7.79. The Kier molecular flexibility index (Phi) is 3.51. The Bertz CT molecular complexity index is 690. The van der Waals surface area contributed by atoms with Gasteiger partial charge >= 0.3 is 6.09 Å². The second-order valence-corrected chi connectivity index (χ2v) is 5.91. The lowest BCUT2D eigenvalue weighted by Gasteiger charge is -2.29. The molecule has 2 saturated heterocycles. The first kappa shape index (κ1) is 14.8. The number of fused-ring (bicyclic) bond motifs is 1. The summed E-state index contributed by atoms with van der Waals surface area (Å²) in [5.41, 5.74) is 0. The van der Waals surface area contributed by atoms with E-state index in [0.717, 1.165) is 4.90 Å². The molecule has 0 aromatic heterocycles. The van der Waals surface area contributed by atoms with E-state index in [1.807, 2.05) is 12.1 Å². The maximum atomic E-state index is 12.6. The largest absolute Gasteiger partial charge is 0.485 e. The lowest BCUT2D eigenvalue weighted by atomic mass is 10.2. The van der Waals surface area contributed by atoms with Crippen LogP contribution in [0.4, 0.5) is 4.79 Å². The number of carbonyl (C=O) groups excluding carboxylic acids is 3. The van der Waals surface area contributed by atoms with Crippen molar-refractivity contribution in [2.45, 2.75) is 18.6 Å². The molecule has 1 aromatic rings. The number of nitrogens with zero attached hydrogens (tertiary/aromatic N) is 2. The molecule has 0 spiro atoms. The van der Waals surface area contributed by atoms with Crippen molar-refractivity contribution in [2.75, 3.05) is 26.3 Å². The molecule has 8 heteroatoms. The minimum Gasteiger partial charge on any atom is -0.485 e. The lowest BCUT2D eigenvalue weighted by molar-refractivity contribution is -0.140. The van der Waals surface area contributed by atoms with E-state index in [0.29, 0.717) is 31.0 Å². The van der Waals surface area contributed by atoms with E-state index in [2.05, 4.69) is 0 Å². The van der Waals surface area contributed by atoms with E-state index in [9.17, 15) is 14.4 Å². The number of para-hydroxylation sites is 2. The van der Waals surface area contributed by atoms with Gasteiger partial charge in [0.15, 0.2) is 18.1 Å². The standard InChI is InChI=1S/C16H16N2O6/c19-14-9-23-16(21)18(14)10-5-6-17(7-10)15(20)13-8-22-11-3-1-2-4-12(11)24-13/h1-4,10,13H,5-9H2/t10-,13-/m0/s1. The predicted octanol–water partition coefficient (Wildman–Crippen LogP) is 0.406. The summed E-state index contributed by atoms with van der Waals surface area (Å²) < 4.78 is 16.0. The highest BCUT2D eigenvalue weighted by Gasteiger charge is 2.43. The van der Waals surface area contributed by atoms with E-state index >= 15 is 0 Å².